The Morgan fingerprint density at radius 1 is 1.40 bits per heavy atom. The van der Waals surface area contributed by atoms with Crippen molar-refractivity contribution < 1.29 is 9.59 Å². The number of carbonyl (C=O) groups is 2. The quantitative estimate of drug-likeness (QED) is 0.723. The summed E-state index contributed by atoms with van der Waals surface area (Å²) in [4.78, 5) is 25.0. The number of hydrogen-bond donors (Lipinski definition) is 3. The van der Waals surface area contributed by atoms with E-state index >= 15 is 0 Å². The first kappa shape index (κ1) is 14.5. The van der Waals surface area contributed by atoms with Crippen LogP contribution in [0.3, 0.4) is 0 Å². The van der Waals surface area contributed by atoms with E-state index in [2.05, 4.69) is 22.5 Å². The van der Waals surface area contributed by atoms with Crippen LogP contribution in [-0.2, 0) is 4.79 Å². The molecule has 2 rings (SSSR count). The Labute approximate surface area is 118 Å². The van der Waals surface area contributed by atoms with Crippen molar-refractivity contribution in [1.82, 2.24) is 10.2 Å². The molecular weight excluding hydrogens is 256 g/mol. The van der Waals surface area contributed by atoms with Crippen LogP contribution < -0.4 is 16.4 Å². The lowest BCUT2D eigenvalue weighted by atomic mass is 10.2. The molecule has 2 amide bonds. The van der Waals surface area contributed by atoms with E-state index in [1.165, 1.54) is 0 Å². The third kappa shape index (κ3) is 4.04. The second kappa shape index (κ2) is 6.49. The van der Waals surface area contributed by atoms with E-state index in [1.54, 1.807) is 24.3 Å². The molecule has 0 spiro atoms. The monoisotopic (exact) mass is 276 g/mol. The summed E-state index contributed by atoms with van der Waals surface area (Å²) < 4.78 is 0. The van der Waals surface area contributed by atoms with E-state index in [0.717, 1.165) is 19.6 Å². The molecule has 108 valence electrons. The average molecular weight is 276 g/mol. The molecule has 0 radical (unpaired) electrons. The number of rotatable bonds is 4. The number of primary amides is 1. The van der Waals surface area contributed by atoms with Crippen LogP contribution in [0, 0.1) is 0 Å². The van der Waals surface area contributed by atoms with Crippen molar-refractivity contribution in [3.05, 3.63) is 29.8 Å². The Hall–Kier alpha value is -1.92. The molecule has 1 aromatic carbocycles. The molecule has 1 aromatic rings. The zero-order valence-corrected chi connectivity index (χ0v) is 11.6. The van der Waals surface area contributed by atoms with Crippen molar-refractivity contribution in [3.8, 4) is 0 Å². The predicted molar refractivity (Wildman–Crippen MR) is 77.5 cm³/mol. The minimum atomic E-state index is -0.474. The maximum atomic E-state index is 11.9. The van der Waals surface area contributed by atoms with Crippen LogP contribution in [0.25, 0.3) is 0 Å². The number of piperazine rings is 1. The van der Waals surface area contributed by atoms with Gasteiger partial charge in [-0.1, -0.05) is 0 Å². The molecule has 1 heterocycles. The van der Waals surface area contributed by atoms with Crippen LogP contribution in [0.15, 0.2) is 24.3 Å². The second-order valence-corrected chi connectivity index (χ2v) is 5.08. The molecule has 6 heteroatoms. The van der Waals surface area contributed by atoms with Crippen molar-refractivity contribution in [3.63, 3.8) is 0 Å². The topological polar surface area (TPSA) is 87.5 Å². The first-order chi connectivity index (χ1) is 9.54. The van der Waals surface area contributed by atoms with E-state index in [1.807, 2.05) is 0 Å². The van der Waals surface area contributed by atoms with Crippen molar-refractivity contribution in [1.29, 1.82) is 0 Å². The highest BCUT2D eigenvalue weighted by Gasteiger charge is 2.17. The summed E-state index contributed by atoms with van der Waals surface area (Å²) in [5, 5.41) is 6.15. The number of amides is 2. The largest absolute Gasteiger partial charge is 0.366 e. The van der Waals surface area contributed by atoms with Gasteiger partial charge in [-0.2, -0.15) is 0 Å². The Kier molecular flexibility index (Phi) is 4.70. The summed E-state index contributed by atoms with van der Waals surface area (Å²) in [5.74, 6) is -0.524. The molecule has 0 saturated carbocycles. The molecule has 0 unspecified atom stereocenters. The normalized spacial score (nSPS) is 19.6. The molecule has 6 nitrogen and oxygen atoms in total. The van der Waals surface area contributed by atoms with E-state index in [0.29, 0.717) is 23.8 Å². The van der Waals surface area contributed by atoms with Gasteiger partial charge in [-0.05, 0) is 31.2 Å². The lowest BCUT2D eigenvalue weighted by molar-refractivity contribution is -0.117. The summed E-state index contributed by atoms with van der Waals surface area (Å²) in [6, 6.07) is 6.97. The molecule has 4 N–H and O–H groups in total. The smallest absolute Gasteiger partial charge is 0.248 e. The first-order valence-electron chi connectivity index (χ1n) is 6.70. The number of anilines is 1. The summed E-state index contributed by atoms with van der Waals surface area (Å²) >= 11 is 0. The predicted octanol–water partition coefficient (Wildman–Crippen LogP) is 0.0177. The Morgan fingerprint density at radius 2 is 2.10 bits per heavy atom. The lowest BCUT2D eigenvalue weighted by Gasteiger charge is -2.31. The van der Waals surface area contributed by atoms with Gasteiger partial charge in [0.25, 0.3) is 0 Å². The third-order valence-electron chi connectivity index (χ3n) is 3.27. The molecule has 0 bridgehead atoms. The highest BCUT2D eigenvalue weighted by molar-refractivity contribution is 5.95. The van der Waals surface area contributed by atoms with Crippen LogP contribution in [0.1, 0.15) is 17.3 Å². The summed E-state index contributed by atoms with van der Waals surface area (Å²) in [6.45, 7) is 5.13. The summed E-state index contributed by atoms with van der Waals surface area (Å²) in [6.07, 6.45) is 0. The van der Waals surface area contributed by atoms with Gasteiger partial charge < -0.3 is 16.4 Å². The Bertz CT molecular complexity index is 486. The van der Waals surface area contributed by atoms with Crippen LogP contribution in [0.2, 0.25) is 0 Å². The number of nitrogens with zero attached hydrogens (tertiary/aromatic N) is 1. The minimum absolute atomic E-state index is 0.0501. The highest BCUT2D eigenvalue weighted by atomic mass is 16.2. The van der Waals surface area contributed by atoms with Crippen molar-refractivity contribution >= 4 is 17.5 Å². The van der Waals surface area contributed by atoms with Crippen LogP contribution >= 0.6 is 0 Å². The highest BCUT2D eigenvalue weighted by Crippen LogP contribution is 2.09. The third-order valence-corrected chi connectivity index (χ3v) is 3.27. The number of nitrogens with two attached hydrogens (primary N) is 1. The molecule has 1 saturated heterocycles. The zero-order chi connectivity index (χ0) is 14.5. The van der Waals surface area contributed by atoms with Crippen LogP contribution in [0.5, 0.6) is 0 Å². The van der Waals surface area contributed by atoms with E-state index in [9.17, 15) is 9.59 Å². The van der Waals surface area contributed by atoms with Gasteiger partial charge in [-0.25, -0.2) is 0 Å². The summed E-state index contributed by atoms with van der Waals surface area (Å²) in [7, 11) is 0. The maximum absolute atomic E-state index is 11.9. The SMILES string of the molecule is C[C@@H]1CN(CC(=O)Nc2ccc(C(N)=O)cc2)CCN1. The van der Waals surface area contributed by atoms with Gasteiger partial charge in [0.05, 0.1) is 6.54 Å². The second-order valence-electron chi connectivity index (χ2n) is 5.08. The van der Waals surface area contributed by atoms with E-state index < -0.39 is 5.91 Å². The molecule has 1 aliphatic heterocycles. The number of carbonyl (C=O) groups excluding carboxylic acids is 2. The maximum Gasteiger partial charge on any atom is 0.248 e. The van der Waals surface area contributed by atoms with Gasteiger partial charge in [0.2, 0.25) is 11.8 Å². The Morgan fingerprint density at radius 3 is 2.70 bits per heavy atom. The number of nitrogens with one attached hydrogen (secondary N) is 2. The number of benzene rings is 1. The van der Waals surface area contributed by atoms with Gasteiger partial charge >= 0.3 is 0 Å². The van der Waals surface area contributed by atoms with Crippen molar-refractivity contribution in [2.75, 3.05) is 31.5 Å². The lowest BCUT2D eigenvalue weighted by Crippen LogP contribution is -2.51. The molecule has 1 atom stereocenters. The standard InChI is InChI=1S/C14H20N4O2/c1-10-8-18(7-6-16-10)9-13(19)17-12-4-2-11(3-5-12)14(15)20/h2-5,10,16H,6-9H2,1H3,(H2,15,20)(H,17,19)/t10-/m1/s1. The van der Waals surface area contributed by atoms with E-state index in [-0.39, 0.29) is 5.91 Å². The van der Waals surface area contributed by atoms with Gasteiger partial charge in [-0.3, -0.25) is 14.5 Å². The van der Waals surface area contributed by atoms with Gasteiger partial charge in [-0.15, -0.1) is 0 Å². The van der Waals surface area contributed by atoms with Crippen LogP contribution in [0.4, 0.5) is 5.69 Å². The van der Waals surface area contributed by atoms with Gasteiger partial charge in [0.1, 0.15) is 0 Å². The van der Waals surface area contributed by atoms with Crippen molar-refractivity contribution in [2.24, 2.45) is 5.73 Å². The van der Waals surface area contributed by atoms with Crippen molar-refractivity contribution in [2.45, 2.75) is 13.0 Å². The van der Waals surface area contributed by atoms with Gasteiger partial charge in [0.15, 0.2) is 0 Å². The van der Waals surface area contributed by atoms with E-state index in [4.69, 9.17) is 5.73 Å². The molecule has 1 aliphatic rings. The summed E-state index contributed by atoms with van der Waals surface area (Å²) in [5.41, 5.74) is 6.26. The minimum Gasteiger partial charge on any atom is -0.366 e. The van der Waals surface area contributed by atoms with Crippen LogP contribution in [-0.4, -0.2) is 48.9 Å². The number of hydrogen-bond acceptors (Lipinski definition) is 4. The molecule has 20 heavy (non-hydrogen) atoms. The molecular formula is C14H20N4O2. The fourth-order valence-electron chi connectivity index (χ4n) is 2.28. The van der Waals surface area contributed by atoms with Gasteiger partial charge in [0, 0.05) is 36.9 Å². The fourth-order valence-corrected chi connectivity index (χ4v) is 2.28. The Balaban J connectivity index is 1.86. The molecule has 1 fully saturated rings. The first-order valence-corrected chi connectivity index (χ1v) is 6.70. The zero-order valence-electron chi connectivity index (χ0n) is 11.6. The molecule has 0 aliphatic carbocycles. The molecule has 0 aromatic heterocycles. The average Bonchev–Trinajstić information content (AvgIpc) is 2.39. The fraction of sp³-hybridized carbons (Fsp3) is 0.429.